The molecule has 2 N–H and O–H groups in total. The number of nitrogens with zero attached hydrogens (tertiary/aromatic N) is 5. The monoisotopic (exact) mass is 735 g/mol. The van der Waals surface area contributed by atoms with Crippen molar-refractivity contribution in [1.29, 1.82) is 0 Å². The number of pyridine rings is 2. The molecule has 4 heterocycles. The Morgan fingerprint density at radius 2 is 1.78 bits per heavy atom. The van der Waals surface area contributed by atoms with Crippen LogP contribution in [0.2, 0.25) is 5.15 Å². The summed E-state index contributed by atoms with van der Waals surface area (Å²) in [5, 5.41) is 8.41. The first-order valence-electron chi connectivity index (χ1n) is 17.8. The van der Waals surface area contributed by atoms with Crippen molar-refractivity contribution < 1.29 is 23.9 Å². The van der Waals surface area contributed by atoms with Gasteiger partial charge in [0.1, 0.15) is 28.2 Å². The largest absolute Gasteiger partial charge is 0.469 e. The lowest BCUT2D eigenvalue weighted by atomic mass is 9.93. The molecule has 3 aromatic rings. The van der Waals surface area contributed by atoms with Gasteiger partial charge in [-0.1, -0.05) is 17.7 Å². The van der Waals surface area contributed by atoms with Gasteiger partial charge in [-0.25, -0.2) is 19.4 Å². The zero-order chi connectivity index (χ0) is 36.2. The Hall–Kier alpha value is -3.84. The molecular weight excluding hydrogens is 690 g/mol. The van der Waals surface area contributed by atoms with Crippen molar-refractivity contribution in [2.24, 2.45) is 22.7 Å². The number of Topliss-reactive ketones (excluding diaryl/α,β-unsaturated/α-hetero) is 1. The first-order valence-corrected chi connectivity index (χ1v) is 19.0. The molecule has 1 unspecified atom stereocenters. The number of aromatic nitrogens is 4. The van der Waals surface area contributed by atoms with E-state index in [1.54, 1.807) is 24.4 Å². The Labute approximate surface area is 307 Å². The number of hydrogen-bond donors (Lipinski definition) is 2. The number of ether oxygens (including phenoxy) is 2. The quantitative estimate of drug-likeness (QED) is 0.106. The van der Waals surface area contributed by atoms with E-state index < -0.39 is 11.5 Å². The first kappa shape index (κ1) is 35.6. The molecule has 1 aliphatic heterocycles. The van der Waals surface area contributed by atoms with Crippen molar-refractivity contribution in [3.8, 4) is 11.7 Å². The number of ketones is 1. The first-order chi connectivity index (χ1) is 24.2. The molecule has 12 nitrogen and oxygen atoms in total. The molecule has 2 spiro atoms. The van der Waals surface area contributed by atoms with Crippen molar-refractivity contribution in [3.63, 3.8) is 0 Å². The van der Waals surface area contributed by atoms with Gasteiger partial charge in [0.05, 0.1) is 5.56 Å². The van der Waals surface area contributed by atoms with E-state index in [2.05, 4.69) is 39.0 Å². The summed E-state index contributed by atoms with van der Waals surface area (Å²) in [6.07, 6.45) is 8.99. The van der Waals surface area contributed by atoms with E-state index in [4.69, 9.17) is 21.1 Å². The predicted molar refractivity (Wildman–Crippen MR) is 194 cm³/mol. The summed E-state index contributed by atoms with van der Waals surface area (Å²) in [6, 6.07) is 10.5. The summed E-state index contributed by atoms with van der Waals surface area (Å²) in [5.74, 6) is 1.81. The second-order valence-electron chi connectivity index (χ2n) is 16.0. The van der Waals surface area contributed by atoms with Gasteiger partial charge in [0.2, 0.25) is 5.88 Å². The van der Waals surface area contributed by atoms with E-state index in [9.17, 15) is 14.4 Å². The molecule has 0 aromatic carbocycles. The average molecular weight is 736 g/mol. The van der Waals surface area contributed by atoms with E-state index >= 15 is 0 Å². The summed E-state index contributed by atoms with van der Waals surface area (Å²) < 4.78 is 15.7. The molecule has 4 aliphatic rings. The van der Waals surface area contributed by atoms with Crippen molar-refractivity contribution >= 4 is 47.2 Å². The fourth-order valence-corrected chi connectivity index (χ4v) is 9.04. The number of hydrogen-bond acceptors (Lipinski definition) is 10. The third-order valence-electron chi connectivity index (χ3n) is 10.8. The molecule has 0 bridgehead atoms. The SMILES string of the molecule is CC(C)(C)OC(=O)N1CC(CCCNc2cccc(SNC(=O)c3ccc(-n4ccc(OCC(=O)C5C6(CC6)C56CC6)n4)nc3Cl)n2)CC1(C)C. The fraction of sp³-hybridized carbons (Fsp3) is 0.568. The minimum absolute atomic E-state index is 0.0279. The smallest absolute Gasteiger partial charge is 0.410 e. The number of likely N-dealkylation sites (tertiary alicyclic amines) is 1. The van der Waals surface area contributed by atoms with E-state index in [0.717, 1.165) is 37.8 Å². The Balaban J connectivity index is 0.846. The zero-order valence-corrected chi connectivity index (χ0v) is 31.4. The highest BCUT2D eigenvalue weighted by Gasteiger charge is 2.88. The van der Waals surface area contributed by atoms with Gasteiger partial charge in [0, 0.05) is 48.8 Å². The van der Waals surface area contributed by atoms with E-state index in [1.165, 1.54) is 30.4 Å². The van der Waals surface area contributed by atoms with Gasteiger partial charge in [-0.3, -0.25) is 14.3 Å². The number of halogens is 1. The number of carbonyl (C=O) groups excluding carboxylic acids is 3. The maximum Gasteiger partial charge on any atom is 0.410 e. The van der Waals surface area contributed by atoms with Crippen LogP contribution in [0.5, 0.6) is 5.88 Å². The topological polar surface area (TPSA) is 141 Å². The maximum atomic E-state index is 13.0. The van der Waals surface area contributed by atoms with Crippen molar-refractivity contribution in [3.05, 3.63) is 53.3 Å². The van der Waals surface area contributed by atoms with Crippen molar-refractivity contribution in [1.82, 2.24) is 29.4 Å². The van der Waals surface area contributed by atoms with E-state index in [-0.39, 0.29) is 40.7 Å². The van der Waals surface area contributed by atoms with Crippen LogP contribution in [-0.2, 0) is 9.53 Å². The maximum absolute atomic E-state index is 13.0. The summed E-state index contributed by atoms with van der Waals surface area (Å²) in [4.78, 5) is 49.4. The van der Waals surface area contributed by atoms with Gasteiger partial charge in [-0.15, -0.1) is 5.10 Å². The average Bonchev–Trinajstić information content (AvgIpc) is 4.02. The fourth-order valence-electron chi connectivity index (χ4n) is 8.21. The molecule has 1 atom stereocenters. The van der Waals surface area contributed by atoms with Gasteiger partial charge < -0.3 is 19.7 Å². The lowest BCUT2D eigenvalue weighted by Crippen LogP contribution is -2.45. The van der Waals surface area contributed by atoms with Crippen molar-refractivity contribution in [2.75, 3.05) is 25.0 Å². The molecule has 51 heavy (non-hydrogen) atoms. The zero-order valence-electron chi connectivity index (χ0n) is 29.8. The number of amides is 2. The van der Waals surface area contributed by atoms with Crippen LogP contribution in [0.4, 0.5) is 10.6 Å². The van der Waals surface area contributed by atoms with Gasteiger partial charge in [0.25, 0.3) is 5.91 Å². The molecule has 4 fully saturated rings. The van der Waals surface area contributed by atoms with Gasteiger partial charge in [0.15, 0.2) is 11.6 Å². The molecule has 14 heteroatoms. The highest BCUT2D eigenvalue weighted by molar-refractivity contribution is 7.97. The molecule has 1 saturated heterocycles. The number of fused-ring (bicyclic) bond motifs is 1. The summed E-state index contributed by atoms with van der Waals surface area (Å²) >= 11 is 7.52. The van der Waals surface area contributed by atoms with Crippen molar-refractivity contribution in [2.45, 2.75) is 95.7 Å². The summed E-state index contributed by atoms with van der Waals surface area (Å²) in [6.45, 7) is 11.3. The molecular formula is C37H46ClN7O5S. The van der Waals surface area contributed by atoms with Crippen LogP contribution in [0.1, 0.15) is 89.9 Å². The second kappa shape index (κ2) is 13.3. The molecule has 3 aliphatic carbocycles. The van der Waals surface area contributed by atoms with Gasteiger partial charge in [-0.2, -0.15) is 0 Å². The lowest BCUT2D eigenvalue weighted by molar-refractivity contribution is -0.123. The summed E-state index contributed by atoms with van der Waals surface area (Å²) in [5.41, 5.74) is 0.0704. The highest BCUT2D eigenvalue weighted by Crippen LogP contribution is 2.92. The Morgan fingerprint density at radius 3 is 2.47 bits per heavy atom. The minimum Gasteiger partial charge on any atom is -0.469 e. The number of rotatable bonds is 13. The molecule has 272 valence electrons. The number of carbonyl (C=O) groups is 3. The lowest BCUT2D eigenvalue weighted by Gasteiger charge is -2.33. The summed E-state index contributed by atoms with van der Waals surface area (Å²) in [7, 11) is 0. The Kier molecular flexibility index (Phi) is 9.27. The third-order valence-corrected chi connectivity index (χ3v) is 11.8. The molecule has 3 aromatic heterocycles. The van der Waals surface area contributed by atoms with Gasteiger partial charge >= 0.3 is 6.09 Å². The van der Waals surface area contributed by atoms with Crippen LogP contribution in [0.25, 0.3) is 5.82 Å². The molecule has 0 radical (unpaired) electrons. The van der Waals surface area contributed by atoms with Crippen LogP contribution in [0, 0.1) is 22.7 Å². The van der Waals surface area contributed by atoms with E-state index in [1.807, 2.05) is 43.9 Å². The third kappa shape index (κ3) is 7.42. The van der Waals surface area contributed by atoms with Crippen LogP contribution >= 0.6 is 23.5 Å². The van der Waals surface area contributed by atoms with E-state index in [0.29, 0.717) is 45.8 Å². The standard InChI is InChI=1S/C37H46ClN7O5S/c1-34(2,3)50-33(48)44-21-23(20-35(44,4)5)8-7-18-39-26-9-6-10-29(40-26)51-43-32(47)24-11-12-27(41-31(24)38)45-19-13-28(42-45)49-22-25(46)30-36(14-15-36)37(30)16-17-37/h6,9-13,19,23,30H,7-8,14-18,20-22H2,1-5H3,(H,39,40)(H,43,47). The predicted octanol–water partition coefficient (Wildman–Crippen LogP) is 7.12. The van der Waals surface area contributed by atoms with Gasteiger partial charge in [-0.05, 0) is 121 Å². The van der Waals surface area contributed by atoms with Crippen LogP contribution in [-0.4, -0.2) is 73.3 Å². The second-order valence-corrected chi connectivity index (χ2v) is 17.2. The normalized spacial score (nSPS) is 20.7. The minimum atomic E-state index is -0.519. The molecule has 2 amide bonds. The number of nitrogens with one attached hydrogen (secondary N) is 2. The number of anilines is 1. The van der Waals surface area contributed by atoms with Crippen LogP contribution < -0.4 is 14.8 Å². The molecule has 3 saturated carbocycles. The Bertz CT molecular complexity index is 1820. The van der Waals surface area contributed by atoms with Crippen LogP contribution in [0.3, 0.4) is 0 Å². The molecule has 7 rings (SSSR count). The Morgan fingerprint density at radius 1 is 1.04 bits per heavy atom. The van der Waals surface area contributed by atoms with Crippen LogP contribution in [0.15, 0.2) is 47.6 Å². The highest BCUT2D eigenvalue weighted by atomic mass is 35.5.